The Morgan fingerprint density at radius 3 is 2.76 bits per heavy atom. The molecule has 1 amide bonds. The molecule has 1 atom stereocenters. The van der Waals surface area contributed by atoms with Crippen LogP contribution in [0.5, 0.6) is 5.75 Å². The maximum atomic E-state index is 12.3. The van der Waals surface area contributed by atoms with Gasteiger partial charge in [0.1, 0.15) is 23.7 Å². The van der Waals surface area contributed by atoms with Crippen molar-refractivity contribution < 1.29 is 23.6 Å². The van der Waals surface area contributed by atoms with E-state index in [0.29, 0.717) is 11.5 Å². The zero-order valence-electron chi connectivity index (χ0n) is 16.7. The first-order valence-corrected chi connectivity index (χ1v) is 9.36. The highest BCUT2D eigenvalue weighted by atomic mass is 16.5. The Morgan fingerprint density at radius 1 is 1.38 bits per heavy atom. The summed E-state index contributed by atoms with van der Waals surface area (Å²) in [4.78, 5) is 24.3. The monoisotopic (exact) mass is 397 g/mol. The van der Waals surface area contributed by atoms with Gasteiger partial charge in [0.05, 0.1) is 22.9 Å². The van der Waals surface area contributed by atoms with Crippen LogP contribution in [-0.2, 0) is 16.1 Å². The van der Waals surface area contributed by atoms with Crippen LogP contribution in [0, 0.1) is 31.1 Å². The van der Waals surface area contributed by atoms with E-state index in [0.717, 1.165) is 24.1 Å². The molecule has 1 heterocycles. The first-order chi connectivity index (χ1) is 13.8. The van der Waals surface area contributed by atoms with Crippen LogP contribution in [-0.4, -0.2) is 29.2 Å². The summed E-state index contributed by atoms with van der Waals surface area (Å²) in [5, 5.41) is 15.8. The molecule has 0 unspecified atom stereocenters. The molecule has 1 aliphatic carbocycles. The number of aryl methyl sites for hydroxylation is 2. The number of nitrogens with one attached hydrogen (secondary N) is 1. The second-order valence-corrected chi connectivity index (χ2v) is 7.33. The number of benzene rings is 1. The molecule has 0 radical (unpaired) electrons. The molecule has 1 aromatic carbocycles. The van der Waals surface area contributed by atoms with Crippen molar-refractivity contribution in [1.82, 2.24) is 10.5 Å². The van der Waals surface area contributed by atoms with Crippen molar-refractivity contribution in [3.05, 3.63) is 46.8 Å². The number of esters is 1. The van der Waals surface area contributed by atoms with E-state index in [4.69, 9.17) is 14.0 Å². The van der Waals surface area contributed by atoms with Gasteiger partial charge in [0.25, 0.3) is 5.91 Å². The Hall–Kier alpha value is -3.34. The maximum absolute atomic E-state index is 12.3. The Balaban J connectivity index is 1.54. The summed E-state index contributed by atoms with van der Waals surface area (Å²) in [6.07, 6.45) is 1.82. The van der Waals surface area contributed by atoms with Gasteiger partial charge in [-0.15, -0.1) is 0 Å². The van der Waals surface area contributed by atoms with E-state index in [1.54, 1.807) is 38.1 Å². The molecule has 29 heavy (non-hydrogen) atoms. The quantitative estimate of drug-likeness (QED) is 0.681. The summed E-state index contributed by atoms with van der Waals surface area (Å²) in [7, 11) is 0. The summed E-state index contributed by atoms with van der Waals surface area (Å²) in [6, 6.07) is 8.63. The minimum atomic E-state index is -0.921. The van der Waals surface area contributed by atoms with Gasteiger partial charge in [0.15, 0.2) is 6.61 Å². The molecule has 8 heteroatoms. The van der Waals surface area contributed by atoms with Crippen LogP contribution in [0.3, 0.4) is 0 Å². The Labute approximate surface area is 168 Å². The van der Waals surface area contributed by atoms with E-state index in [1.165, 1.54) is 0 Å². The minimum Gasteiger partial charge on any atom is -0.489 e. The van der Waals surface area contributed by atoms with Gasteiger partial charge in [-0.25, -0.2) is 4.79 Å². The third-order valence-corrected chi connectivity index (χ3v) is 4.99. The molecular formula is C21H23N3O5. The predicted molar refractivity (Wildman–Crippen MR) is 102 cm³/mol. The molecule has 1 aromatic heterocycles. The summed E-state index contributed by atoms with van der Waals surface area (Å²) < 4.78 is 15.9. The SMILES string of the molecule is Cc1noc(C)c1COc1cccc(C(=O)OCC(=O)N[C@@](C)(C#N)C2CC2)c1. The van der Waals surface area contributed by atoms with Gasteiger partial charge in [-0.2, -0.15) is 5.26 Å². The summed E-state index contributed by atoms with van der Waals surface area (Å²) in [6.45, 7) is 5.12. The molecule has 3 rings (SSSR count). The van der Waals surface area contributed by atoms with Crippen LogP contribution in [0.15, 0.2) is 28.8 Å². The van der Waals surface area contributed by atoms with Crippen molar-refractivity contribution in [3.8, 4) is 11.8 Å². The van der Waals surface area contributed by atoms with Gasteiger partial charge in [-0.3, -0.25) is 4.79 Å². The molecule has 0 spiro atoms. The van der Waals surface area contributed by atoms with E-state index >= 15 is 0 Å². The van der Waals surface area contributed by atoms with Gasteiger partial charge in [0.2, 0.25) is 0 Å². The lowest BCUT2D eigenvalue weighted by Gasteiger charge is -2.22. The van der Waals surface area contributed by atoms with Crippen molar-refractivity contribution in [3.63, 3.8) is 0 Å². The number of carbonyl (C=O) groups is 2. The fourth-order valence-corrected chi connectivity index (χ4v) is 3.00. The number of carbonyl (C=O) groups excluding carboxylic acids is 2. The van der Waals surface area contributed by atoms with Gasteiger partial charge in [-0.05, 0) is 57.7 Å². The molecule has 8 nitrogen and oxygen atoms in total. The predicted octanol–water partition coefficient (Wildman–Crippen LogP) is 2.84. The Kier molecular flexibility index (Phi) is 5.87. The third kappa shape index (κ3) is 4.93. The number of aromatic nitrogens is 1. The number of nitrogens with zero attached hydrogens (tertiary/aromatic N) is 2. The van der Waals surface area contributed by atoms with Crippen LogP contribution in [0.4, 0.5) is 0 Å². The highest BCUT2D eigenvalue weighted by Gasteiger charge is 2.43. The van der Waals surface area contributed by atoms with Gasteiger partial charge >= 0.3 is 5.97 Å². The van der Waals surface area contributed by atoms with Crippen molar-refractivity contribution >= 4 is 11.9 Å². The molecule has 2 aromatic rings. The van der Waals surface area contributed by atoms with Crippen LogP contribution in [0.25, 0.3) is 0 Å². The molecule has 0 saturated heterocycles. The van der Waals surface area contributed by atoms with Gasteiger partial charge in [-0.1, -0.05) is 11.2 Å². The molecule has 0 aliphatic heterocycles. The number of amides is 1. The van der Waals surface area contributed by atoms with Crippen LogP contribution in [0.2, 0.25) is 0 Å². The molecule has 152 valence electrons. The molecule has 1 N–H and O–H groups in total. The van der Waals surface area contributed by atoms with Crippen molar-refractivity contribution in [2.75, 3.05) is 6.61 Å². The Morgan fingerprint density at radius 2 is 2.14 bits per heavy atom. The molecule has 0 bridgehead atoms. The van der Waals surface area contributed by atoms with Gasteiger partial charge < -0.3 is 19.3 Å². The lowest BCUT2D eigenvalue weighted by molar-refractivity contribution is -0.125. The minimum absolute atomic E-state index is 0.152. The highest BCUT2D eigenvalue weighted by Crippen LogP contribution is 2.39. The molecule has 1 aliphatic rings. The van der Waals surface area contributed by atoms with E-state index in [2.05, 4.69) is 16.5 Å². The average Bonchev–Trinajstić information content (AvgIpc) is 3.52. The fraction of sp³-hybridized carbons (Fsp3) is 0.429. The number of rotatable bonds is 8. The van der Waals surface area contributed by atoms with E-state index in [9.17, 15) is 14.9 Å². The third-order valence-electron chi connectivity index (χ3n) is 4.99. The average molecular weight is 397 g/mol. The molecule has 1 saturated carbocycles. The normalized spacial score (nSPS) is 15.1. The molecular weight excluding hydrogens is 374 g/mol. The highest BCUT2D eigenvalue weighted by molar-refractivity contribution is 5.91. The maximum Gasteiger partial charge on any atom is 0.338 e. The van der Waals surface area contributed by atoms with Crippen molar-refractivity contribution in [2.24, 2.45) is 5.92 Å². The van der Waals surface area contributed by atoms with Crippen LogP contribution < -0.4 is 10.1 Å². The molecule has 1 fully saturated rings. The number of ether oxygens (including phenoxy) is 2. The zero-order chi connectivity index (χ0) is 21.0. The first-order valence-electron chi connectivity index (χ1n) is 9.36. The van der Waals surface area contributed by atoms with E-state index in [-0.39, 0.29) is 18.1 Å². The topological polar surface area (TPSA) is 114 Å². The lowest BCUT2D eigenvalue weighted by Crippen LogP contribution is -2.48. The summed E-state index contributed by atoms with van der Waals surface area (Å²) in [5.41, 5.74) is 0.944. The lowest BCUT2D eigenvalue weighted by atomic mass is 9.98. The number of nitriles is 1. The zero-order valence-corrected chi connectivity index (χ0v) is 16.7. The summed E-state index contributed by atoms with van der Waals surface area (Å²) in [5.74, 6) is 0.168. The van der Waals surface area contributed by atoms with Crippen LogP contribution in [0.1, 0.15) is 47.1 Å². The fourth-order valence-electron chi connectivity index (χ4n) is 3.00. The van der Waals surface area contributed by atoms with Crippen molar-refractivity contribution in [1.29, 1.82) is 5.26 Å². The standard InChI is InChI=1S/C21H23N3O5/c1-13-18(14(2)29-24-13)10-27-17-6-4-5-15(9-17)20(26)28-11-19(25)23-21(3,12-22)16-7-8-16/h4-6,9,16H,7-8,10-11H2,1-3H3,(H,23,25)/t21-/m0/s1. The van der Waals surface area contributed by atoms with Crippen LogP contribution >= 0.6 is 0 Å². The second-order valence-electron chi connectivity index (χ2n) is 7.33. The number of hydrogen-bond donors (Lipinski definition) is 1. The van der Waals surface area contributed by atoms with Crippen molar-refractivity contribution in [2.45, 2.75) is 45.8 Å². The largest absolute Gasteiger partial charge is 0.489 e. The first kappa shape index (κ1) is 20.4. The summed E-state index contributed by atoms with van der Waals surface area (Å²) >= 11 is 0. The smallest absolute Gasteiger partial charge is 0.338 e. The van der Waals surface area contributed by atoms with E-state index in [1.807, 2.05) is 6.92 Å². The van der Waals surface area contributed by atoms with E-state index < -0.39 is 24.0 Å². The Bertz CT molecular complexity index is 938. The van der Waals surface area contributed by atoms with Gasteiger partial charge in [0, 0.05) is 0 Å². The second kappa shape index (κ2) is 8.35. The number of hydrogen-bond acceptors (Lipinski definition) is 7.